The Hall–Kier alpha value is -5.28. The second-order valence-electron chi connectivity index (χ2n) is 19.5. The van der Waals surface area contributed by atoms with Gasteiger partial charge in [0.2, 0.25) is 5.91 Å². The first-order chi connectivity index (χ1) is 30.3. The number of amides is 2. The van der Waals surface area contributed by atoms with Gasteiger partial charge in [0.25, 0.3) is 5.91 Å². The Labute approximate surface area is 373 Å². The third-order valence-corrected chi connectivity index (χ3v) is 14.3. The van der Waals surface area contributed by atoms with Crippen LogP contribution in [-0.4, -0.2) is 123 Å². The molecule has 15 heteroatoms. The summed E-state index contributed by atoms with van der Waals surface area (Å²) >= 11 is 0. The predicted octanol–water partition coefficient (Wildman–Crippen LogP) is 6.78. The van der Waals surface area contributed by atoms with Crippen LogP contribution < -0.4 is 25.0 Å². The molecule has 63 heavy (non-hydrogen) atoms. The van der Waals surface area contributed by atoms with Gasteiger partial charge in [-0.25, -0.2) is 9.97 Å². The molecule has 1 unspecified atom stereocenters. The number of ether oxygens (including phenoxy) is 3. The average molecular weight is 866 g/mol. The lowest BCUT2D eigenvalue weighted by Crippen LogP contribution is -2.60. The summed E-state index contributed by atoms with van der Waals surface area (Å²) in [6, 6.07) is 11.1. The molecular formula is C48H67N9O6. The Kier molecular flexibility index (Phi) is 11.8. The molecule has 5 aliphatic rings. The van der Waals surface area contributed by atoms with E-state index in [0.29, 0.717) is 23.3 Å². The first kappa shape index (κ1) is 43.0. The fourth-order valence-electron chi connectivity index (χ4n) is 10.3. The maximum absolute atomic E-state index is 13.5. The van der Waals surface area contributed by atoms with Gasteiger partial charge in [0.05, 0.1) is 42.8 Å². The van der Waals surface area contributed by atoms with Crippen molar-refractivity contribution in [1.29, 1.82) is 0 Å². The molecule has 4 fully saturated rings. The van der Waals surface area contributed by atoms with Crippen LogP contribution in [0.5, 0.6) is 11.5 Å². The summed E-state index contributed by atoms with van der Waals surface area (Å²) in [5.74, 6) is 2.17. The van der Waals surface area contributed by atoms with E-state index >= 15 is 0 Å². The van der Waals surface area contributed by atoms with Crippen LogP contribution in [-0.2, 0) is 20.9 Å². The molecule has 2 aromatic carbocycles. The van der Waals surface area contributed by atoms with Crippen LogP contribution in [0.25, 0.3) is 22.3 Å². The van der Waals surface area contributed by atoms with Gasteiger partial charge in [-0.05, 0) is 122 Å². The SMILES string of the molecule is COc1c(N2CCN(CC3CCC(OC4CCN(c5cc(-c6n[nH]c7ccc(OC8(C)CC8)cc67)ncn5)CC4)CC3)C(C)(C)C2)ccc2c1CN(C(CCC(C)=O)C(N)=O)C2=O.[HH].[HH]. The van der Waals surface area contributed by atoms with Crippen LogP contribution in [0.2, 0.25) is 0 Å². The van der Waals surface area contributed by atoms with Gasteiger partial charge in [-0.1, -0.05) is 0 Å². The normalized spacial score (nSPS) is 22.9. The molecule has 340 valence electrons. The van der Waals surface area contributed by atoms with Crippen molar-refractivity contribution in [2.24, 2.45) is 11.7 Å². The number of benzene rings is 2. The lowest BCUT2D eigenvalue weighted by atomic mass is 9.85. The number of hydrogen-bond donors (Lipinski definition) is 2. The number of fused-ring (bicyclic) bond motifs is 2. The standard InChI is InChI=1S/C48H63N9O6.2H2/c1-30(58)6-14-41(45(49)59)57-27-37-35(46(57)60)12-15-40(44(37)61-5)55-22-23-56(47(2,3)28-55)26-31-7-9-32(10-8-31)62-33-16-20-54(21-17-33)42-25-39(50-29-51-42)43-36-24-34(63-48(4)18-19-48)11-13-38(36)52-53-43;;/h11-13,15,24-25,29,31-33,41H,6-10,14,16-23,26-28H2,1-5H3,(H2,49,59)(H,52,53);2*1H. The molecule has 2 saturated carbocycles. The van der Waals surface area contributed by atoms with Crippen LogP contribution in [0.15, 0.2) is 42.7 Å². The number of ketones is 1. The van der Waals surface area contributed by atoms with Crippen molar-refractivity contribution in [2.45, 2.75) is 128 Å². The Morgan fingerprint density at radius 2 is 1.71 bits per heavy atom. The number of carbonyl (C=O) groups excluding carboxylic acids is 3. The van der Waals surface area contributed by atoms with E-state index < -0.39 is 11.9 Å². The van der Waals surface area contributed by atoms with E-state index in [-0.39, 0.29) is 51.2 Å². The van der Waals surface area contributed by atoms with E-state index in [1.54, 1.807) is 13.4 Å². The van der Waals surface area contributed by atoms with Crippen LogP contribution >= 0.6 is 0 Å². The van der Waals surface area contributed by atoms with Crippen molar-refractivity contribution >= 4 is 40.0 Å². The highest BCUT2D eigenvalue weighted by atomic mass is 16.5. The summed E-state index contributed by atoms with van der Waals surface area (Å²) in [5, 5.41) is 8.79. The van der Waals surface area contributed by atoms with Crippen molar-refractivity contribution in [3.8, 4) is 22.9 Å². The number of nitrogens with zero attached hydrogens (tertiary/aromatic N) is 7. The monoisotopic (exact) mass is 866 g/mol. The molecule has 1 atom stereocenters. The van der Waals surface area contributed by atoms with Gasteiger partial charge in [-0.15, -0.1) is 0 Å². The summed E-state index contributed by atoms with van der Waals surface area (Å²) in [7, 11) is 1.64. The first-order valence-corrected chi connectivity index (χ1v) is 23.0. The quantitative estimate of drug-likeness (QED) is 0.129. The van der Waals surface area contributed by atoms with Crippen LogP contribution in [0.3, 0.4) is 0 Å². The molecule has 3 N–H and O–H groups in total. The molecule has 9 rings (SSSR count). The molecule has 5 heterocycles. The number of rotatable bonds is 15. The van der Waals surface area contributed by atoms with E-state index in [1.807, 2.05) is 24.3 Å². The number of primary amides is 1. The summed E-state index contributed by atoms with van der Waals surface area (Å²) in [5.41, 5.74) is 10.4. The number of methoxy groups -OCH3 is 1. The van der Waals surface area contributed by atoms with Gasteiger partial charge in [0.15, 0.2) is 0 Å². The minimum absolute atomic E-state index is 0. The Morgan fingerprint density at radius 3 is 2.41 bits per heavy atom. The molecule has 3 aliphatic heterocycles. The van der Waals surface area contributed by atoms with E-state index in [1.165, 1.54) is 24.7 Å². The van der Waals surface area contributed by atoms with Gasteiger partial charge >= 0.3 is 0 Å². The molecule has 0 spiro atoms. The minimum atomic E-state index is -0.850. The molecule has 0 radical (unpaired) electrons. The fraction of sp³-hybridized carbons (Fsp3) is 0.583. The van der Waals surface area contributed by atoms with Crippen LogP contribution in [0.4, 0.5) is 11.5 Å². The topological polar surface area (TPSA) is 172 Å². The average Bonchev–Trinajstić information content (AvgIpc) is 3.68. The lowest BCUT2D eigenvalue weighted by Gasteiger charge is -2.49. The number of nitrogens with one attached hydrogen (secondary N) is 1. The number of Topliss-reactive ketones (excluding diaryl/α,β-unsaturated/α-hetero) is 1. The molecule has 4 aromatic rings. The van der Waals surface area contributed by atoms with Gasteiger partial charge in [0, 0.05) is 76.7 Å². The van der Waals surface area contributed by atoms with Crippen molar-refractivity contribution in [3.63, 3.8) is 0 Å². The van der Waals surface area contributed by atoms with Gasteiger partial charge in [-0.3, -0.25) is 19.6 Å². The summed E-state index contributed by atoms with van der Waals surface area (Å²) < 4.78 is 19.0. The van der Waals surface area contributed by atoms with Gasteiger partial charge < -0.3 is 39.4 Å². The highest BCUT2D eigenvalue weighted by molar-refractivity contribution is 6.02. The molecule has 2 aromatic heterocycles. The number of nitrogens with two attached hydrogens (primary N) is 1. The number of carbonyl (C=O) groups is 3. The third kappa shape index (κ3) is 9.09. The van der Waals surface area contributed by atoms with E-state index in [0.717, 1.165) is 123 Å². The molecule has 2 aliphatic carbocycles. The Balaban J connectivity index is 0.00000315. The smallest absolute Gasteiger partial charge is 0.255 e. The second kappa shape index (κ2) is 17.4. The van der Waals surface area contributed by atoms with Crippen molar-refractivity contribution in [2.75, 3.05) is 56.2 Å². The van der Waals surface area contributed by atoms with Gasteiger partial charge in [-0.2, -0.15) is 5.10 Å². The number of hydrogen-bond acceptors (Lipinski definition) is 12. The van der Waals surface area contributed by atoms with E-state index in [2.05, 4.69) is 67.8 Å². The number of anilines is 2. The minimum Gasteiger partial charge on any atom is -0.494 e. The number of piperazine rings is 1. The molecule has 0 bridgehead atoms. The van der Waals surface area contributed by atoms with Crippen molar-refractivity contribution < 1.29 is 31.4 Å². The number of piperidine rings is 1. The maximum Gasteiger partial charge on any atom is 0.255 e. The highest BCUT2D eigenvalue weighted by Crippen LogP contribution is 2.43. The van der Waals surface area contributed by atoms with Crippen molar-refractivity contribution in [1.82, 2.24) is 30.0 Å². The Morgan fingerprint density at radius 1 is 0.952 bits per heavy atom. The summed E-state index contributed by atoms with van der Waals surface area (Å²) in [6.45, 7) is 13.9. The Bertz CT molecular complexity index is 2360. The summed E-state index contributed by atoms with van der Waals surface area (Å²) in [4.78, 5) is 55.7. The van der Waals surface area contributed by atoms with Crippen LogP contribution in [0, 0.1) is 5.92 Å². The zero-order valence-corrected chi connectivity index (χ0v) is 37.5. The largest absolute Gasteiger partial charge is 0.494 e. The fourth-order valence-corrected chi connectivity index (χ4v) is 10.3. The third-order valence-electron chi connectivity index (χ3n) is 14.3. The molecule has 2 amide bonds. The second-order valence-corrected chi connectivity index (χ2v) is 19.5. The predicted molar refractivity (Wildman–Crippen MR) is 245 cm³/mol. The van der Waals surface area contributed by atoms with Gasteiger partial charge in [0.1, 0.15) is 46.8 Å². The number of aromatic amines is 1. The summed E-state index contributed by atoms with van der Waals surface area (Å²) in [6.07, 6.45) is 11.2. The zero-order chi connectivity index (χ0) is 44.0. The molecule has 2 saturated heterocycles. The lowest BCUT2D eigenvalue weighted by molar-refractivity contribution is -0.123. The van der Waals surface area contributed by atoms with E-state index in [4.69, 9.17) is 19.9 Å². The number of aromatic nitrogens is 4. The first-order valence-electron chi connectivity index (χ1n) is 23.0. The number of H-pyrrole nitrogens is 1. The molecule has 15 nitrogen and oxygen atoms in total. The zero-order valence-electron chi connectivity index (χ0n) is 37.5. The van der Waals surface area contributed by atoms with Crippen LogP contribution in [0.1, 0.15) is 111 Å². The van der Waals surface area contributed by atoms with E-state index in [9.17, 15) is 14.4 Å². The molecular weight excluding hydrogens is 799 g/mol. The maximum atomic E-state index is 13.5. The van der Waals surface area contributed by atoms with Crippen molar-refractivity contribution in [3.05, 3.63) is 53.9 Å². The highest BCUT2D eigenvalue weighted by Gasteiger charge is 2.42.